The van der Waals surface area contributed by atoms with E-state index in [2.05, 4.69) is 10.1 Å². The minimum atomic E-state index is -0.734. The Hall–Kier alpha value is -2.04. The van der Waals surface area contributed by atoms with Crippen molar-refractivity contribution in [1.29, 1.82) is 0 Å². The van der Waals surface area contributed by atoms with Crippen molar-refractivity contribution in [3.63, 3.8) is 0 Å². The summed E-state index contributed by atoms with van der Waals surface area (Å²) in [5, 5.41) is 3.89. The molecule has 2 aromatic carbocycles. The van der Waals surface area contributed by atoms with Crippen molar-refractivity contribution in [2.24, 2.45) is 0 Å². The molecule has 0 radical (unpaired) electrons. The maximum atomic E-state index is 12.0. The van der Waals surface area contributed by atoms with Gasteiger partial charge in [0.25, 0.3) is 0 Å². The van der Waals surface area contributed by atoms with Crippen LogP contribution in [0.2, 0.25) is 10.0 Å². The number of nitrogens with one attached hydrogen (secondary N) is 1. The second kappa shape index (κ2) is 6.81. The number of aryl methyl sites for hydroxylation is 1. The van der Waals surface area contributed by atoms with Gasteiger partial charge in [-0.05, 0) is 30.7 Å². The van der Waals surface area contributed by atoms with Crippen LogP contribution in [0, 0.1) is 6.92 Å². The second-order valence-corrected chi connectivity index (χ2v) is 5.41. The van der Waals surface area contributed by atoms with Gasteiger partial charge in [0.05, 0.1) is 27.0 Å². The Labute approximate surface area is 138 Å². The Morgan fingerprint density at radius 1 is 1.00 bits per heavy atom. The van der Waals surface area contributed by atoms with E-state index in [0.717, 1.165) is 5.56 Å². The number of carbonyl (C=O) groups is 2. The highest BCUT2D eigenvalue weighted by Crippen LogP contribution is 2.35. The first-order valence-electron chi connectivity index (χ1n) is 6.43. The standard InChI is InChI=1S/C16H13Cl2NO3/c1-9-5-3-6-11(16(21)22-10(2)20)14(9)19-15-12(17)7-4-8-13(15)18/h3-8,19H,1-2H3. The summed E-state index contributed by atoms with van der Waals surface area (Å²) in [6.07, 6.45) is 0. The van der Waals surface area contributed by atoms with Crippen molar-refractivity contribution in [3.8, 4) is 0 Å². The van der Waals surface area contributed by atoms with Gasteiger partial charge in [0.2, 0.25) is 0 Å². The molecule has 0 bridgehead atoms. The molecular formula is C16H13Cl2NO3. The summed E-state index contributed by atoms with van der Waals surface area (Å²) in [5.41, 5.74) is 1.99. The van der Waals surface area contributed by atoms with Gasteiger partial charge in [-0.2, -0.15) is 0 Å². The first-order chi connectivity index (χ1) is 10.4. The third-order valence-corrected chi connectivity index (χ3v) is 3.57. The predicted molar refractivity (Wildman–Crippen MR) is 87.0 cm³/mol. The molecule has 0 spiro atoms. The van der Waals surface area contributed by atoms with E-state index in [0.29, 0.717) is 21.4 Å². The summed E-state index contributed by atoms with van der Waals surface area (Å²) >= 11 is 12.3. The van der Waals surface area contributed by atoms with E-state index < -0.39 is 11.9 Å². The normalized spacial score (nSPS) is 10.2. The van der Waals surface area contributed by atoms with E-state index in [9.17, 15) is 9.59 Å². The lowest BCUT2D eigenvalue weighted by molar-refractivity contribution is -0.135. The topological polar surface area (TPSA) is 55.4 Å². The highest BCUT2D eigenvalue weighted by Gasteiger charge is 2.18. The van der Waals surface area contributed by atoms with E-state index in [1.807, 2.05) is 13.0 Å². The number of hydrogen-bond acceptors (Lipinski definition) is 4. The van der Waals surface area contributed by atoms with Crippen LogP contribution < -0.4 is 5.32 Å². The number of para-hydroxylation sites is 2. The van der Waals surface area contributed by atoms with Gasteiger partial charge in [-0.15, -0.1) is 0 Å². The molecule has 0 aliphatic heterocycles. The summed E-state index contributed by atoms with van der Waals surface area (Å²) in [6.45, 7) is 2.99. The fourth-order valence-electron chi connectivity index (χ4n) is 1.93. The summed E-state index contributed by atoms with van der Waals surface area (Å²) in [6, 6.07) is 10.2. The number of halogens is 2. The van der Waals surface area contributed by atoms with E-state index in [1.54, 1.807) is 30.3 Å². The lowest BCUT2D eigenvalue weighted by atomic mass is 10.1. The van der Waals surface area contributed by atoms with Crippen LogP contribution in [0.4, 0.5) is 11.4 Å². The molecule has 0 heterocycles. The van der Waals surface area contributed by atoms with Gasteiger partial charge < -0.3 is 10.1 Å². The quantitative estimate of drug-likeness (QED) is 0.648. The Morgan fingerprint density at radius 2 is 1.59 bits per heavy atom. The summed E-state index contributed by atoms with van der Waals surface area (Å²) in [4.78, 5) is 23.0. The lowest BCUT2D eigenvalue weighted by Gasteiger charge is -2.15. The maximum absolute atomic E-state index is 12.0. The number of hydrogen-bond donors (Lipinski definition) is 1. The number of benzene rings is 2. The van der Waals surface area contributed by atoms with Gasteiger partial charge in [-0.3, -0.25) is 4.79 Å². The molecule has 0 aliphatic carbocycles. The Bertz CT molecular complexity index is 724. The molecule has 22 heavy (non-hydrogen) atoms. The average Bonchev–Trinajstić information content (AvgIpc) is 2.43. The molecule has 1 N–H and O–H groups in total. The van der Waals surface area contributed by atoms with Crippen molar-refractivity contribution in [2.75, 3.05) is 5.32 Å². The van der Waals surface area contributed by atoms with Crippen molar-refractivity contribution in [3.05, 3.63) is 57.6 Å². The van der Waals surface area contributed by atoms with Crippen LogP contribution in [0.3, 0.4) is 0 Å². The summed E-state index contributed by atoms with van der Waals surface area (Å²) in [5.74, 6) is -1.41. The maximum Gasteiger partial charge on any atom is 0.347 e. The third kappa shape index (κ3) is 3.59. The SMILES string of the molecule is CC(=O)OC(=O)c1cccc(C)c1Nc1c(Cl)cccc1Cl. The zero-order valence-corrected chi connectivity index (χ0v) is 13.5. The molecule has 0 atom stereocenters. The van der Waals surface area contributed by atoms with Crippen LogP contribution in [0.5, 0.6) is 0 Å². The lowest BCUT2D eigenvalue weighted by Crippen LogP contribution is -2.12. The van der Waals surface area contributed by atoms with E-state index in [-0.39, 0.29) is 5.56 Å². The van der Waals surface area contributed by atoms with Gasteiger partial charge in [0.15, 0.2) is 0 Å². The third-order valence-electron chi connectivity index (χ3n) is 2.94. The van der Waals surface area contributed by atoms with E-state index >= 15 is 0 Å². The molecular weight excluding hydrogens is 325 g/mol. The number of carbonyl (C=O) groups excluding carboxylic acids is 2. The molecule has 2 rings (SSSR count). The molecule has 0 saturated heterocycles. The molecule has 0 aromatic heterocycles. The van der Waals surface area contributed by atoms with Crippen LogP contribution >= 0.6 is 23.2 Å². The zero-order valence-electron chi connectivity index (χ0n) is 11.9. The van der Waals surface area contributed by atoms with Gasteiger partial charge in [0.1, 0.15) is 0 Å². The van der Waals surface area contributed by atoms with Gasteiger partial charge in [-0.25, -0.2) is 4.79 Å². The van der Waals surface area contributed by atoms with Crippen molar-refractivity contribution >= 4 is 46.5 Å². The predicted octanol–water partition coefficient (Wildman–Crippen LogP) is 4.75. The molecule has 0 aliphatic rings. The first-order valence-corrected chi connectivity index (χ1v) is 7.19. The Balaban J connectivity index is 2.47. The fourth-order valence-corrected chi connectivity index (χ4v) is 2.42. The molecule has 0 unspecified atom stereocenters. The van der Waals surface area contributed by atoms with Crippen LogP contribution in [0.15, 0.2) is 36.4 Å². The number of anilines is 2. The van der Waals surface area contributed by atoms with Crippen LogP contribution in [0.1, 0.15) is 22.8 Å². The monoisotopic (exact) mass is 337 g/mol. The van der Waals surface area contributed by atoms with Gasteiger partial charge >= 0.3 is 11.9 Å². The first kappa shape index (κ1) is 16.3. The van der Waals surface area contributed by atoms with Crippen molar-refractivity contribution in [2.45, 2.75) is 13.8 Å². The van der Waals surface area contributed by atoms with Gasteiger partial charge in [0, 0.05) is 6.92 Å². The minimum Gasteiger partial charge on any atom is -0.390 e. The molecule has 0 amide bonds. The van der Waals surface area contributed by atoms with E-state index in [4.69, 9.17) is 23.2 Å². The van der Waals surface area contributed by atoms with Crippen LogP contribution in [0.25, 0.3) is 0 Å². The highest BCUT2D eigenvalue weighted by atomic mass is 35.5. The smallest absolute Gasteiger partial charge is 0.347 e. The number of ether oxygens (including phenoxy) is 1. The summed E-state index contributed by atoms with van der Waals surface area (Å²) < 4.78 is 4.65. The highest BCUT2D eigenvalue weighted by molar-refractivity contribution is 6.39. The molecule has 0 fully saturated rings. The minimum absolute atomic E-state index is 0.228. The average molecular weight is 338 g/mol. The molecule has 2 aromatic rings. The summed E-state index contributed by atoms with van der Waals surface area (Å²) in [7, 11) is 0. The van der Waals surface area contributed by atoms with Crippen molar-refractivity contribution in [1.82, 2.24) is 0 Å². The largest absolute Gasteiger partial charge is 0.390 e. The Morgan fingerprint density at radius 3 is 2.18 bits per heavy atom. The Kier molecular flexibility index (Phi) is 5.06. The fraction of sp³-hybridized carbons (Fsp3) is 0.125. The molecule has 6 heteroatoms. The zero-order chi connectivity index (χ0) is 16.3. The van der Waals surface area contributed by atoms with Gasteiger partial charge in [-0.1, -0.05) is 41.4 Å². The van der Waals surface area contributed by atoms with Crippen LogP contribution in [-0.4, -0.2) is 11.9 Å². The second-order valence-electron chi connectivity index (χ2n) is 4.60. The molecule has 0 saturated carbocycles. The van der Waals surface area contributed by atoms with Crippen molar-refractivity contribution < 1.29 is 14.3 Å². The molecule has 4 nitrogen and oxygen atoms in total. The number of rotatable bonds is 3. The van der Waals surface area contributed by atoms with Crippen LogP contribution in [-0.2, 0) is 9.53 Å². The van der Waals surface area contributed by atoms with E-state index in [1.165, 1.54) is 6.92 Å². The number of esters is 2. The molecule has 114 valence electrons.